The summed E-state index contributed by atoms with van der Waals surface area (Å²) in [7, 11) is 0. The van der Waals surface area contributed by atoms with E-state index in [1.165, 1.54) is 0 Å². The minimum atomic E-state index is -0.756. The van der Waals surface area contributed by atoms with Crippen LogP contribution in [-0.2, 0) is 11.3 Å². The number of hydrogen-bond donors (Lipinski definition) is 1. The molecule has 0 saturated carbocycles. The van der Waals surface area contributed by atoms with Crippen LogP contribution in [0.4, 0.5) is 0 Å². The SMILES string of the molecule is Cc1ccnc(-c2nc(-c3ccc4c(c3)cc3n4CC[C@H]3CC(=O)O)no2)c1. The van der Waals surface area contributed by atoms with E-state index in [1.54, 1.807) is 6.20 Å². The summed E-state index contributed by atoms with van der Waals surface area (Å²) in [6.07, 6.45) is 2.76. The van der Waals surface area contributed by atoms with Crippen LogP contribution in [-0.4, -0.2) is 30.8 Å². The molecule has 140 valence electrons. The van der Waals surface area contributed by atoms with E-state index in [4.69, 9.17) is 9.63 Å². The van der Waals surface area contributed by atoms with Crippen molar-refractivity contribution in [2.45, 2.75) is 32.2 Å². The van der Waals surface area contributed by atoms with Crippen molar-refractivity contribution in [1.82, 2.24) is 19.7 Å². The average molecular weight is 374 g/mol. The summed E-state index contributed by atoms with van der Waals surface area (Å²) < 4.78 is 7.61. The molecule has 4 aromatic rings. The van der Waals surface area contributed by atoms with E-state index in [0.717, 1.165) is 40.7 Å². The lowest BCUT2D eigenvalue weighted by molar-refractivity contribution is -0.137. The molecule has 0 unspecified atom stereocenters. The van der Waals surface area contributed by atoms with Crippen molar-refractivity contribution in [3.8, 4) is 23.0 Å². The number of aliphatic carboxylic acids is 1. The number of aromatic nitrogens is 4. The molecule has 7 nitrogen and oxygen atoms in total. The van der Waals surface area contributed by atoms with Crippen LogP contribution in [0.15, 0.2) is 47.1 Å². The number of nitrogens with zero attached hydrogens (tertiary/aromatic N) is 4. The number of rotatable bonds is 4. The molecule has 0 spiro atoms. The lowest BCUT2D eigenvalue weighted by atomic mass is 10.0. The number of carbonyl (C=O) groups is 1. The molecule has 1 aliphatic heterocycles. The van der Waals surface area contributed by atoms with E-state index >= 15 is 0 Å². The monoisotopic (exact) mass is 374 g/mol. The molecule has 1 N–H and O–H groups in total. The molecule has 0 fully saturated rings. The number of carboxylic acids is 1. The van der Waals surface area contributed by atoms with Crippen LogP contribution in [0.25, 0.3) is 33.9 Å². The van der Waals surface area contributed by atoms with Crippen LogP contribution in [0.2, 0.25) is 0 Å². The Labute approximate surface area is 160 Å². The molecule has 0 bridgehead atoms. The fourth-order valence-electron chi connectivity index (χ4n) is 3.97. The van der Waals surface area contributed by atoms with Gasteiger partial charge in [-0.15, -0.1) is 0 Å². The van der Waals surface area contributed by atoms with Crippen molar-refractivity contribution in [3.05, 3.63) is 53.9 Å². The number of hydrogen-bond acceptors (Lipinski definition) is 5. The van der Waals surface area contributed by atoms with E-state index in [9.17, 15) is 4.79 Å². The van der Waals surface area contributed by atoms with E-state index in [2.05, 4.69) is 25.8 Å². The fourth-order valence-corrected chi connectivity index (χ4v) is 3.97. The number of benzene rings is 1. The summed E-state index contributed by atoms with van der Waals surface area (Å²) in [5, 5.41) is 14.3. The second-order valence-electron chi connectivity index (χ2n) is 7.22. The van der Waals surface area contributed by atoms with Gasteiger partial charge in [0.15, 0.2) is 0 Å². The van der Waals surface area contributed by atoms with Crippen molar-refractivity contribution < 1.29 is 14.4 Å². The van der Waals surface area contributed by atoms with Crippen LogP contribution in [0.1, 0.15) is 30.0 Å². The highest BCUT2D eigenvalue weighted by Crippen LogP contribution is 2.37. The Bertz CT molecular complexity index is 1210. The highest BCUT2D eigenvalue weighted by atomic mass is 16.5. The maximum Gasteiger partial charge on any atom is 0.304 e. The van der Waals surface area contributed by atoms with Gasteiger partial charge in [-0.1, -0.05) is 5.16 Å². The van der Waals surface area contributed by atoms with Crippen molar-refractivity contribution in [1.29, 1.82) is 0 Å². The van der Waals surface area contributed by atoms with Crippen molar-refractivity contribution >= 4 is 16.9 Å². The van der Waals surface area contributed by atoms with Crippen LogP contribution in [0.3, 0.4) is 0 Å². The first kappa shape index (κ1) is 16.7. The Hall–Kier alpha value is -3.48. The largest absolute Gasteiger partial charge is 0.481 e. The summed E-state index contributed by atoms with van der Waals surface area (Å²) in [4.78, 5) is 19.9. The van der Waals surface area contributed by atoms with Gasteiger partial charge in [-0.25, -0.2) is 0 Å². The van der Waals surface area contributed by atoms with E-state index in [0.29, 0.717) is 17.4 Å². The highest BCUT2D eigenvalue weighted by Gasteiger charge is 2.27. The fraction of sp³-hybridized carbons (Fsp3) is 0.238. The lowest BCUT2D eigenvalue weighted by Gasteiger charge is -2.04. The topological polar surface area (TPSA) is 94.0 Å². The molecule has 3 aromatic heterocycles. The highest BCUT2D eigenvalue weighted by molar-refractivity contribution is 5.86. The zero-order valence-electron chi connectivity index (χ0n) is 15.3. The van der Waals surface area contributed by atoms with Crippen LogP contribution in [0, 0.1) is 6.92 Å². The molecule has 7 heteroatoms. The molecule has 1 aromatic carbocycles. The predicted molar refractivity (Wildman–Crippen MR) is 103 cm³/mol. The van der Waals surface area contributed by atoms with Gasteiger partial charge in [0.05, 0.1) is 6.42 Å². The summed E-state index contributed by atoms with van der Waals surface area (Å²) in [5.41, 5.74) is 4.78. The quantitative estimate of drug-likeness (QED) is 0.580. The Morgan fingerprint density at radius 3 is 3.00 bits per heavy atom. The third kappa shape index (κ3) is 2.76. The van der Waals surface area contributed by atoms with Gasteiger partial charge < -0.3 is 14.2 Å². The first-order chi connectivity index (χ1) is 13.6. The van der Waals surface area contributed by atoms with Gasteiger partial charge >= 0.3 is 5.97 Å². The second-order valence-corrected chi connectivity index (χ2v) is 7.22. The van der Waals surface area contributed by atoms with Crippen LogP contribution in [0.5, 0.6) is 0 Å². The zero-order chi connectivity index (χ0) is 19.3. The zero-order valence-corrected chi connectivity index (χ0v) is 15.3. The number of pyridine rings is 1. The van der Waals surface area contributed by atoms with Gasteiger partial charge in [0.25, 0.3) is 5.89 Å². The maximum atomic E-state index is 11.1. The summed E-state index contributed by atoms with van der Waals surface area (Å²) >= 11 is 0. The lowest BCUT2D eigenvalue weighted by Crippen LogP contribution is -2.02. The average Bonchev–Trinajstić information content (AvgIpc) is 3.37. The van der Waals surface area contributed by atoms with Crippen molar-refractivity contribution in [3.63, 3.8) is 0 Å². The van der Waals surface area contributed by atoms with Crippen molar-refractivity contribution in [2.24, 2.45) is 0 Å². The van der Waals surface area contributed by atoms with E-state index in [1.807, 2.05) is 37.3 Å². The molecule has 0 radical (unpaired) electrons. The normalized spacial score (nSPS) is 15.8. The summed E-state index contributed by atoms with van der Waals surface area (Å²) in [6, 6.07) is 11.9. The van der Waals surface area contributed by atoms with Crippen LogP contribution >= 0.6 is 0 Å². The molecule has 0 saturated heterocycles. The molecule has 1 atom stereocenters. The van der Waals surface area contributed by atoms with E-state index < -0.39 is 5.97 Å². The van der Waals surface area contributed by atoms with E-state index in [-0.39, 0.29) is 12.3 Å². The smallest absolute Gasteiger partial charge is 0.304 e. The standard InChI is InChI=1S/C21H18N4O3/c1-12-4-6-22-16(8-12)21-23-20(24-28-21)14-2-3-17-15(9-14)10-18-13(11-19(26)27)5-7-25(17)18/h2-4,6,8-10,13H,5,7,11H2,1H3,(H,26,27)/t13-/m0/s1. The van der Waals surface area contributed by atoms with Gasteiger partial charge in [0, 0.05) is 40.8 Å². The molecule has 28 heavy (non-hydrogen) atoms. The number of aryl methyl sites for hydroxylation is 2. The third-order valence-corrected chi connectivity index (χ3v) is 5.29. The van der Waals surface area contributed by atoms with Gasteiger partial charge in [0.2, 0.25) is 5.82 Å². The molecular formula is C21H18N4O3. The molecule has 1 aliphatic rings. The van der Waals surface area contributed by atoms with Crippen LogP contribution < -0.4 is 0 Å². The van der Waals surface area contributed by atoms with Gasteiger partial charge in [-0.2, -0.15) is 4.98 Å². The van der Waals surface area contributed by atoms with Gasteiger partial charge in [-0.05, 0) is 55.3 Å². The third-order valence-electron chi connectivity index (χ3n) is 5.29. The number of fused-ring (bicyclic) bond motifs is 3. The molecule has 4 heterocycles. The molecule has 0 amide bonds. The second kappa shape index (κ2) is 6.30. The minimum absolute atomic E-state index is 0.0672. The minimum Gasteiger partial charge on any atom is -0.481 e. The first-order valence-electron chi connectivity index (χ1n) is 9.20. The predicted octanol–water partition coefficient (Wildman–Crippen LogP) is 4.02. The Morgan fingerprint density at radius 1 is 1.29 bits per heavy atom. The first-order valence-corrected chi connectivity index (χ1v) is 9.20. The molecule has 0 aliphatic carbocycles. The van der Waals surface area contributed by atoms with Crippen molar-refractivity contribution in [2.75, 3.05) is 0 Å². The Morgan fingerprint density at radius 2 is 2.18 bits per heavy atom. The Balaban J connectivity index is 1.50. The number of carboxylic acid groups (broad SMARTS) is 1. The summed E-state index contributed by atoms with van der Waals surface area (Å²) in [6.45, 7) is 2.84. The summed E-state index contributed by atoms with van der Waals surface area (Å²) in [5.74, 6) is 0.208. The van der Waals surface area contributed by atoms with Gasteiger partial charge in [-0.3, -0.25) is 9.78 Å². The molecule has 5 rings (SSSR count). The Kier molecular flexibility index (Phi) is 3.75. The molecular weight excluding hydrogens is 356 g/mol. The van der Waals surface area contributed by atoms with Gasteiger partial charge in [0.1, 0.15) is 5.69 Å². The maximum absolute atomic E-state index is 11.1.